The van der Waals surface area contributed by atoms with Crippen molar-refractivity contribution in [3.63, 3.8) is 0 Å². The zero-order valence-corrected chi connectivity index (χ0v) is 12.0. The number of imidazole rings is 1. The molecule has 0 aliphatic carbocycles. The maximum Gasteiger partial charge on any atom is 0.240 e. The van der Waals surface area contributed by atoms with Gasteiger partial charge in [-0.3, -0.25) is 0 Å². The van der Waals surface area contributed by atoms with Crippen molar-refractivity contribution >= 4 is 10.0 Å². The van der Waals surface area contributed by atoms with Gasteiger partial charge in [-0.25, -0.2) is 18.1 Å². The molecule has 1 atom stereocenters. The Morgan fingerprint density at radius 2 is 2.25 bits per heavy atom. The number of rotatable bonds is 6. The van der Waals surface area contributed by atoms with Gasteiger partial charge in [0.2, 0.25) is 10.0 Å². The monoisotopic (exact) mass is 294 g/mol. The summed E-state index contributed by atoms with van der Waals surface area (Å²) in [5.41, 5.74) is 7.44. The third-order valence-electron chi connectivity index (χ3n) is 2.94. The Balaban J connectivity index is 2.04. The zero-order chi connectivity index (χ0) is 14.6. The van der Waals surface area contributed by atoms with Crippen molar-refractivity contribution in [3.05, 3.63) is 48.0 Å². The van der Waals surface area contributed by atoms with Crippen molar-refractivity contribution in [2.24, 2.45) is 5.73 Å². The maximum absolute atomic E-state index is 12.2. The third-order valence-corrected chi connectivity index (χ3v) is 4.39. The Hall–Kier alpha value is -1.70. The highest BCUT2D eigenvalue weighted by molar-refractivity contribution is 7.89. The second-order valence-corrected chi connectivity index (χ2v) is 6.35. The van der Waals surface area contributed by atoms with Crippen LogP contribution in [0.3, 0.4) is 0 Å². The predicted molar refractivity (Wildman–Crippen MR) is 76.5 cm³/mol. The fraction of sp³-hybridized carbons (Fsp3) is 0.308. The smallest absolute Gasteiger partial charge is 0.240 e. The minimum Gasteiger partial charge on any atom is -0.348 e. The first-order valence-electron chi connectivity index (χ1n) is 6.31. The summed E-state index contributed by atoms with van der Waals surface area (Å²) in [6, 6.07) is 6.47. The molecule has 1 aromatic carbocycles. The van der Waals surface area contributed by atoms with Crippen LogP contribution in [0.2, 0.25) is 0 Å². The van der Waals surface area contributed by atoms with E-state index in [1.165, 1.54) is 0 Å². The lowest BCUT2D eigenvalue weighted by atomic mass is 10.1. The van der Waals surface area contributed by atoms with Crippen LogP contribution in [0, 0.1) is 0 Å². The molecule has 108 valence electrons. The molecule has 0 aliphatic rings. The minimum atomic E-state index is -3.51. The molecule has 0 spiro atoms. The topological polar surface area (TPSA) is 101 Å². The Bertz CT molecular complexity index is 651. The number of nitrogens with one attached hydrogen (secondary N) is 2. The molecule has 1 aromatic heterocycles. The largest absolute Gasteiger partial charge is 0.348 e. The summed E-state index contributed by atoms with van der Waals surface area (Å²) in [6.07, 6.45) is 3.80. The zero-order valence-electron chi connectivity index (χ0n) is 11.2. The van der Waals surface area contributed by atoms with Crippen LogP contribution in [0.1, 0.15) is 24.2 Å². The molecule has 1 heterocycles. The number of nitrogens with zero attached hydrogens (tertiary/aromatic N) is 1. The van der Waals surface area contributed by atoms with Gasteiger partial charge in [-0.2, -0.15) is 0 Å². The SMILES string of the molecule is CC(N)c1cccc(S(=O)(=O)NCCc2cnc[nH]2)c1. The van der Waals surface area contributed by atoms with Crippen LogP contribution in [0.25, 0.3) is 0 Å². The van der Waals surface area contributed by atoms with Crippen LogP contribution < -0.4 is 10.5 Å². The second-order valence-electron chi connectivity index (χ2n) is 4.59. The summed E-state index contributed by atoms with van der Waals surface area (Å²) in [5.74, 6) is 0. The minimum absolute atomic E-state index is 0.199. The predicted octanol–water partition coefficient (Wildman–Crippen LogP) is 0.950. The molecule has 20 heavy (non-hydrogen) atoms. The molecule has 0 saturated heterocycles. The highest BCUT2D eigenvalue weighted by Gasteiger charge is 2.14. The van der Waals surface area contributed by atoms with E-state index in [4.69, 9.17) is 5.73 Å². The molecule has 0 bridgehead atoms. The van der Waals surface area contributed by atoms with E-state index in [-0.39, 0.29) is 10.9 Å². The molecular formula is C13H18N4O2S. The number of hydrogen-bond acceptors (Lipinski definition) is 4. The molecule has 2 aromatic rings. The maximum atomic E-state index is 12.2. The Labute approximate surface area is 118 Å². The van der Waals surface area contributed by atoms with Gasteiger partial charge < -0.3 is 10.7 Å². The Morgan fingerprint density at radius 3 is 2.90 bits per heavy atom. The molecule has 0 radical (unpaired) electrons. The van der Waals surface area contributed by atoms with E-state index in [0.29, 0.717) is 13.0 Å². The van der Waals surface area contributed by atoms with E-state index in [0.717, 1.165) is 11.3 Å². The molecule has 6 nitrogen and oxygen atoms in total. The van der Waals surface area contributed by atoms with Crippen molar-refractivity contribution in [1.82, 2.24) is 14.7 Å². The van der Waals surface area contributed by atoms with E-state index in [2.05, 4.69) is 14.7 Å². The number of hydrogen-bond donors (Lipinski definition) is 3. The van der Waals surface area contributed by atoms with Crippen LogP contribution in [0.5, 0.6) is 0 Å². The lowest BCUT2D eigenvalue weighted by Crippen LogP contribution is -2.26. The van der Waals surface area contributed by atoms with Gasteiger partial charge in [0.25, 0.3) is 0 Å². The molecule has 2 rings (SSSR count). The average molecular weight is 294 g/mol. The van der Waals surface area contributed by atoms with Crippen LogP contribution in [-0.2, 0) is 16.4 Å². The number of sulfonamides is 1. The van der Waals surface area contributed by atoms with Gasteiger partial charge >= 0.3 is 0 Å². The van der Waals surface area contributed by atoms with E-state index >= 15 is 0 Å². The van der Waals surface area contributed by atoms with Gasteiger partial charge in [0.1, 0.15) is 0 Å². The molecular weight excluding hydrogens is 276 g/mol. The number of aromatic nitrogens is 2. The van der Waals surface area contributed by atoms with Crippen molar-refractivity contribution in [1.29, 1.82) is 0 Å². The van der Waals surface area contributed by atoms with Gasteiger partial charge in [0.05, 0.1) is 11.2 Å². The van der Waals surface area contributed by atoms with Crippen molar-refractivity contribution in [2.75, 3.05) is 6.54 Å². The number of benzene rings is 1. The first-order chi connectivity index (χ1) is 9.49. The van der Waals surface area contributed by atoms with Gasteiger partial charge in [0.15, 0.2) is 0 Å². The summed E-state index contributed by atoms with van der Waals surface area (Å²) >= 11 is 0. The Kier molecular flexibility index (Phi) is 4.53. The van der Waals surface area contributed by atoms with E-state index in [9.17, 15) is 8.42 Å². The van der Waals surface area contributed by atoms with Crippen LogP contribution in [0.15, 0.2) is 41.7 Å². The number of nitrogens with two attached hydrogens (primary N) is 1. The van der Waals surface area contributed by atoms with Gasteiger partial charge in [-0.15, -0.1) is 0 Å². The van der Waals surface area contributed by atoms with E-state index in [1.807, 2.05) is 13.0 Å². The van der Waals surface area contributed by atoms with Crippen molar-refractivity contribution < 1.29 is 8.42 Å². The van der Waals surface area contributed by atoms with E-state index in [1.54, 1.807) is 30.7 Å². The molecule has 7 heteroatoms. The van der Waals surface area contributed by atoms with Gasteiger partial charge in [0, 0.05) is 30.9 Å². The third kappa shape index (κ3) is 3.66. The van der Waals surface area contributed by atoms with Crippen LogP contribution in [0.4, 0.5) is 0 Å². The molecule has 0 saturated carbocycles. The Morgan fingerprint density at radius 1 is 1.45 bits per heavy atom. The standard InChI is InChI=1S/C13H18N4O2S/c1-10(14)11-3-2-4-13(7-11)20(18,19)17-6-5-12-8-15-9-16-12/h2-4,7-10,17H,5-6,14H2,1H3,(H,15,16). The van der Waals surface area contributed by atoms with Crippen LogP contribution >= 0.6 is 0 Å². The first-order valence-corrected chi connectivity index (χ1v) is 7.80. The normalized spacial score (nSPS) is 13.3. The van der Waals surface area contributed by atoms with E-state index < -0.39 is 10.0 Å². The lowest BCUT2D eigenvalue weighted by molar-refractivity contribution is 0.581. The van der Waals surface area contributed by atoms with Gasteiger partial charge in [-0.1, -0.05) is 12.1 Å². The lowest BCUT2D eigenvalue weighted by Gasteiger charge is -2.10. The first kappa shape index (κ1) is 14.7. The number of H-pyrrole nitrogens is 1. The molecule has 1 unspecified atom stereocenters. The average Bonchev–Trinajstić information content (AvgIpc) is 2.92. The second kappa shape index (κ2) is 6.17. The quantitative estimate of drug-likeness (QED) is 0.738. The number of aromatic amines is 1. The summed E-state index contributed by atoms with van der Waals surface area (Å²) in [7, 11) is -3.51. The summed E-state index contributed by atoms with van der Waals surface area (Å²) in [4.78, 5) is 7.04. The summed E-state index contributed by atoms with van der Waals surface area (Å²) in [5, 5.41) is 0. The highest BCUT2D eigenvalue weighted by Crippen LogP contribution is 2.15. The van der Waals surface area contributed by atoms with Gasteiger partial charge in [-0.05, 0) is 24.6 Å². The fourth-order valence-electron chi connectivity index (χ4n) is 1.79. The molecule has 0 fully saturated rings. The highest BCUT2D eigenvalue weighted by atomic mass is 32.2. The molecule has 0 amide bonds. The molecule has 4 N–H and O–H groups in total. The van der Waals surface area contributed by atoms with Crippen molar-refractivity contribution in [2.45, 2.75) is 24.3 Å². The van der Waals surface area contributed by atoms with Crippen LogP contribution in [-0.4, -0.2) is 24.9 Å². The molecule has 0 aliphatic heterocycles. The summed E-state index contributed by atoms with van der Waals surface area (Å²) in [6.45, 7) is 2.13. The summed E-state index contributed by atoms with van der Waals surface area (Å²) < 4.78 is 26.9. The van der Waals surface area contributed by atoms with Crippen molar-refractivity contribution in [3.8, 4) is 0 Å². The fourth-order valence-corrected chi connectivity index (χ4v) is 2.88.